The fourth-order valence-electron chi connectivity index (χ4n) is 1.93. The fourth-order valence-corrected chi connectivity index (χ4v) is 2.85. The molecule has 2 aromatic carbocycles. The third-order valence-electron chi connectivity index (χ3n) is 3.07. The number of rotatable bonds is 5. The largest absolute Gasteiger partial charge is 0.325 e. The maximum atomic E-state index is 11.9. The quantitative estimate of drug-likeness (QED) is 0.474. The van der Waals surface area contributed by atoms with Crippen LogP contribution in [0, 0.1) is 3.57 Å². The van der Waals surface area contributed by atoms with Crippen LogP contribution in [0.15, 0.2) is 66.0 Å². The summed E-state index contributed by atoms with van der Waals surface area (Å²) in [5, 5.41) is 11.5. The Kier molecular flexibility index (Phi) is 5.76. The summed E-state index contributed by atoms with van der Waals surface area (Å²) in [6, 6.07) is 17.4. The van der Waals surface area contributed by atoms with Crippen LogP contribution in [0.4, 0.5) is 5.69 Å². The molecule has 3 aromatic rings. The first kappa shape index (κ1) is 16.8. The highest BCUT2D eigenvalue weighted by molar-refractivity contribution is 14.1. The molecule has 0 fully saturated rings. The summed E-state index contributed by atoms with van der Waals surface area (Å²) in [7, 11) is 0. The molecule has 1 N–H and O–H groups in total. The van der Waals surface area contributed by atoms with Crippen LogP contribution in [-0.2, 0) is 4.79 Å². The van der Waals surface area contributed by atoms with Crippen LogP contribution in [0.3, 0.4) is 0 Å². The molecule has 0 atom stereocenters. The molecule has 0 unspecified atom stereocenters. The van der Waals surface area contributed by atoms with E-state index < -0.39 is 0 Å². The van der Waals surface area contributed by atoms with Crippen molar-refractivity contribution in [2.24, 2.45) is 0 Å². The van der Waals surface area contributed by atoms with Crippen molar-refractivity contribution in [3.05, 3.63) is 64.4 Å². The van der Waals surface area contributed by atoms with Crippen LogP contribution in [0.2, 0.25) is 0 Å². The maximum Gasteiger partial charge on any atom is 0.234 e. The number of carbonyl (C=O) groups excluding carboxylic acids is 1. The zero-order valence-corrected chi connectivity index (χ0v) is 15.5. The lowest BCUT2D eigenvalue weighted by atomic mass is 10.2. The van der Waals surface area contributed by atoms with Gasteiger partial charge in [0.2, 0.25) is 11.1 Å². The molecule has 24 heavy (non-hydrogen) atoms. The zero-order valence-electron chi connectivity index (χ0n) is 12.5. The number of hydrogen-bond donors (Lipinski definition) is 1. The summed E-state index contributed by atoms with van der Waals surface area (Å²) in [6.45, 7) is 0. The van der Waals surface area contributed by atoms with Crippen LogP contribution in [0.1, 0.15) is 0 Å². The van der Waals surface area contributed by atoms with Gasteiger partial charge in [-0.05, 0) is 46.9 Å². The van der Waals surface area contributed by atoms with Gasteiger partial charge >= 0.3 is 0 Å². The Morgan fingerprint density at radius 2 is 1.79 bits per heavy atom. The molecule has 0 aliphatic rings. The van der Waals surface area contributed by atoms with Crippen molar-refractivity contribution in [3.8, 4) is 11.3 Å². The van der Waals surface area contributed by atoms with Crippen LogP contribution in [0.25, 0.3) is 11.3 Å². The summed E-state index contributed by atoms with van der Waals surface area (Å²) < 4.78 is 1.12. The summed E-state index contributed by atoms with van der Waals surface area (Å²) in [5.74, 6) is 0.134. The van der Waals surface area contributed by atoms with E-state index in [9.17, 15) is 4.79 Å². The van der Waals surface area contributed by atoms with Crippen molar-refractivity contribution >= 4 is 45.9 Å². The molecule has 5 nitrogen and oxygen atoms in total. The highest BCUT2D eigenvalue weighted by Gasteiger charge is 2.07. The van der Waals surface area contributed by atoms with Gasteiger partial charge in [0.05, 0.1) is 11.9 Å². The second kappa shape index (κ2) is 8.20. The molecule has 0 saturated heterocycles. The van der Waals surface area contributed by atoms with Crippen LogP contribution in [-0.4, -0.2) is 26.8 Å². The molecule has 0 saturated carbocycles. The number of hydrogen-bond acceptors (Lipinski definition) is 5. The van der Waals surface area contributed by atoms with Gasteiger partial charge in [0.25, 0.3) is 0 Å². The Labute approximate surface area is 157 Å². The highest BCUT2D eigenvalue weighted by atomic mass is 127. The minimum absolute atomic E-state index is 0.100. The van der Waals surface area contributed by atoms with E-state index >= 15 is 0 Å². The van der Waals surface area contributed by atoms with Gasteiger partial charge in [-0.1, -0.05) is 42.1 Å². The van der Waals surface area contributed by atoms with Crippen LogP contribution in [0.5, 0.6) is 0 Å². The number of halogens is 1. The van der Waals surface area contributed by atoms with Crippen molar-refractivity contribution in [3.63, 3.8) is 0 Å². The predicted octanol–water partition coefficient (Wildman–Crippen LogP) is 3.87. The van der Waals surface area contributed by atoms with Crippen molar-refractivity contribution < 1.29 is 4.79 Å². The molecule has 1 heterocycles. The first-order chi connectivity index (χ1) is 11.7. The summed E-state index contributed by atoms with van der Waals surface area (Å²) in [6.07, 6.45) is 1.67. The maximum absolute atomic E-state index is 11.9. The molecule has 0 radical (unpaired) electrons. The first-order valence-electron chi connectivity index (χ1n) is 7.14. The standard InChI is InChI=1S/C17H13IN4OS/c18-13-6-8-14(9-7-13)20-16(23)11-24-17-19-10-15(21-22-17)12-4-2-1-3-5-12/h1-10H,11H2,(H,20,23). The molecule has 1 aromatic heterocycles. The average Bonchev–Trinajstić information content (AvgIpc) is 2.63. The third-order valence-corrected chi connectivity index (χ3v) is 4.64. The Balaban J connectivity index is 1.54. The SMILES string of the molecule is O=C(CSc1ncc(-c2ccccc2)nn1)Nc1ccc(I)cc1. The topological polar surface area (TPSA) is 67.8 Å². The number of amides is 1. The number of anilines is 1. The number of benzene rings is 2. The minimum atomic E-state index is -0.100. The van der Waals surface area contributed by atoms with E-state index in [0.717, 1.165) is 14.8 Å². The van der Waals surface area contributed by atoms with Gasteiger partial charge in [-0.25, -0.2) is 4.98 Å². The number of aromatic nitrogens is 3. The Bertz CT molecular complexity index is 810. The Morgan fingerprint density at radius 3 is 2.46 bits per heavy atom. The number of nitrogens with zero attached hydrogens (tertiary/aromatic N) is 3. The number of thioether (sulfide) groups is 1. The smallest absolute Gasteiger partial charge is 0.234 e. The van der Waals surface area contributed by atoms with E-state index in [1.807, 2.05) is 54.6 Å². The molecule has 0 aliphatic heterocycles. The van der Waals surface area contributed by atoms with E-state index in [0.29, 0.717) is 10.9 Å². The summed E-state index contributed by atoms with van der Waals surface area (Å²) in [4.78, 5) is 16.2. The average molecular weight is 448 g/mol. The Morgan fingerprint density at radius 1 is 1.04 bits per heavy atom. The Hall–Kier alpha value is -2.00. The second-order valence-corrected chi connectivity index (χ2v) is 7.02. The lowest BCUT2D eigenvalue weighted by Crippen LogP contribution is -2.14. The molecular formula is C17H13IN4OS. The summed E-state index contributed by atoms with van der Waals surface area (Å²) in [5.41, 5.74) is 2.45. The molecule has 7 heteroatoms. The summed E-state index contributed by atoms with van der Waals surface area (Å²) >= 11 is 3.48. The molecule has 0 spiro atoms. The van der Waals surface area contributed by atoms with Gasteiger partial charge in [0.1, 0.15) is 5.69 Å². The third kappa shape index (κ3) is 4.75. The minimum Gasteiger partial charge on any atom is -0.325 e. The molecule has 1 amide bonds. The van der Waals surface area contributed by atoms with Gasteiger partial charge in [-0.15, -0.1) is 10.2 Å². The lowest BCUT2D eigenvalue weighted by molar-refractivity contribution is -0.113. The molecule has 120 valence electrons. The van der Waals surface area contributed by atoms with Gasteiger partial charge in [0, 0.05) is 14.8 Å². The predicted molar refractivity (Wildman–Crippen MR) is 104 cm³/mol. The van der Waals surface area contributed by atoms with Gasteiger partial charge in [-0.3, -0.25) is 4.79 Å². The molecule has 0 aliphatic carbocycles. The van der Waals surface area contributed by atoms with Gasteiger partial charge in [0.15, 0.2) is 0 Å². The van der Waals surface area contributed by atoms with Crippen molar-refractivity contribution in [2.75, 3.05) is 11.1 Å². The molecular weight excluding hydrogens is 435 g/mol. The fraction of sp³-hybridized carbons (Fsp3) is 0.0588. The van der Waals surface area contributed by atoms with E-state index in [4.69, 9.17) is 0 Å². The van der Waals surface area contributed by atoms with Crippen LogP contribution < -0.4 is 5.32 Å². The number of carbonyl (C=O) groups is 1. The van der Waals surface area contributed by atoms with Gasteiger partial charge < -0.3 is 5.32 Å². The molecule has 3 rings (SSSR count). The van der Waals surface area contributed by atoms with E-state index in [2.05, 4.69) is 43.1 Å². The van der Waals surface area contributed by atoms with Crippen molar-refractivity contribution in [1.82, 2.24) is 15.2 Å². The van der Waals surface area contributed by atoms with E-state index in [1.54, 1.807) is 6.20 Å². The van der Waals surface area contributed by atoms with E-state index in [-0.39, 0.29) is 11.7 Å². The normalized spacial score (nSPS) is 10.4. The number of nitrogens with one attached hydrogen (secondary N) is 1. The monoisotopic (exact) mass is 448 g/mol. The first-order valence-corrected chi connectivity index (χ1v) is 9.20. The van der Waals surface area contributed by atoms with E-state index in [1.165, 1.54) is 11.8 Å². The zero-order chi connectivity index (χ0) is 16.8. The lowest BCUT2D eigenvalue weighted by Gasteiger charge is -2.05. The highest BCUT2D eigenvalue weighted by Crippen LogP contribution is 2.17. The van der Waals surface area contributed by atoms with Crippen LogP contribution >= 0.6 is 34.4 Å². The molecule has 0 bridgehead atoms. The van der Waals surface area contributed by atoms with Crippen molar-refractivity contribution in [1.29, 1.82) is 0 Å². The second-order valence-electron chi connectivity index (χ2n) is 4.84. The van der Waals surface area contributed by atoms with Gasteiger partial charge in [-0.2, -0.15) is 0 Å². The van der Waals surface area contributed by atoms with Crippen molar-refractivity contribution in [2.45, 2.75) is 5.16 Å².